The van der Waals surface area contributed by atoms with Crippen LogP contribution >= 0.6 is 0 Å². The molecule has 11 aromatic carbocycles. The molecule has 4 aliphatic rings. The number of anilines is 12. The Morgan fingerprint density at radius 3 is 0.911 bits per heavy atom. The third-order valence-corrected chi connectivity index (χ3v) is 17.5. The second-order valence-electron chi connectivity index (χ2n) is 22.6. The summed E-state index contributed by atoms with van der Waals surface area (Å²) in [5, 5.41) is 2.48. The molecule has 0 aliphatic carbocycles. The Morgan fingerprint density at radius 2 is 0.557 bits per heavy atom. The maximum atomic E-state index is 2.59. The van der Waals surface area contributed by atoms with Crippen molar-refractivity contribution in [1.82, 2.24) is 4.57 Å². The smallest absolute Gasteiger partial charge is 0.252 e. The van der Waals surface area contributed by atoms with Gasteiger partial charge in [0, 0.05) is 84.7 Å². The highest BCUT2D eigenvalue weighted by atomic mass is 15.2. The molecule has 4 aliphatic heterocycles. The number of hydrogen-bond acceptors (Lipinski definition) is 4. The molecule has 79 heavy (non-hydrogen) atoms. The van der Waals surface area contributed by atoms with Gasteiger partial charge in [-0.05, 0) is 184 Å². The van der Waals surface area contributed by atoms with E-state index in [9.17, 15) is 0 Å². The normalized spacial score (nSPS) is 13.5. The average molecular weight is 1010 g/mol. The van der Waals surface area contributed by atoms with E-state index in [0.29, 0.717) is 0 Å². The highest BCUT2D eigenvalue weighted by Crippen LogP contribution is 2.49. The van der Waals surface area contributed by atoms with Gasteiger partial charge < -0.3 is 24.2 Å². The van der Waals surface area contributed by atoms with Crippen LogP contribution in [0, 0.1) is 41.5 Å². The first-order chi connectivity index (χ1) is 38.6. The van der Waals surface area contributed by atoms with Crippen molar-refractivity contribution in [3.05, 3.63) is 258 Å². The Kier molecular flexibility index (Phi) is 9.85. The minimum atomic E-state index is -0.0379. The number of nitrogens with zero attached hydrogens (tertiary/aromatic N) is 5. The lowest BCUT2D eigenvalue weighted by atomic mass is 9.33. The van der Waals surface area contributed by atoms with E-state index in [4.69, 9.17) is 0 Å². The summed E-state index contributed by atoms with van der Waals surface area (Å²) in [5.74, 6) is 0. The molecular weight excluding hydrogens is 956 g/mol. The number of hydrogen-bond donors (Lipinski definition) is 0. The Hall–Kier alpha value is -9.45. The van der Waals surface area contributed by atoms with Gasteiger partial charge >= 0.3 is 0 Å². The topological polar surface area (TPSA) is 17.9 Å². The SMILES string of the molecule is Cc1ccc(N2c3ccc(C)cc3B3c4cc5c6cc7c(cc6n(-c6ccccc6)c5cc4N(c4ccc(C)cc4)c4cccc2c43)N(c2ccc(C)cc2)c2cccc3c2B7c2cc(C)ccc2N3c2ccc(C)cc2)cc1. The molecule has 0 fully saturated rings. The van der Waals surface area contributed by atoms with Crippen LogP contribution in [0.4, 0.5) is 68.2 Å². The summed E-state index contributed by atoms with van der Waals surface area (Å²) in [6.07, 6.45) is 0. The molecule has 374 valence electrons. The molecule has 1 aromatic heterocycles. The van der Waals surface area contributed by atoms with E-state index < -0.39 is 0 Å². The Balaban J connectivity index is 1.02. The molecule has 0 saturated carbocycles. The van der Waals surface area contributed by atoms with Gasteiger partial charge in [0.15, 0.2) is 0 Å². The van der Waals surface area contributed by atoms with Crippen LogP contribution in [0.25, 0.3) is 27.5 Å². The summed E-state index contributed by atoms with van der Waals surface area (Å²) in [6.45, 7) is 13.1. The van der Waals surface area contributed by atoms with Crippen LogP contribution in [0.3, 0.4) is 0 Å². The summed E-state index contributed by atoms with van der Waals surface area (Å²) in [6, 6.07) is 85.7. The van der Waals surface area contributed by atoms with Crippen LogP contribution in [0.1, 0.15) is 33.4 Å². The van der Waals surface area contributed by atoms with Gasteiger partial charge in [0.25, 0.3) is 13.4 Å². The molecule has 0 unspecified atom stereocenters. The van der Waals surface area contributed by atoms with E-state index in [1.165, 1.54) is 133 Å². The molecule has 0 atom stereocenters. The predicted molar refractivity (Wildman–Crippen MR) is 337 cm³/mol. The summed E-state index contributed by atoms with van der Waals surface area (Å²) >= 11 is 0. The number of aryl methyl sites for hydroxylation is 6. The van der Waals surface area contributed by atoms with Crippen LogP contribution in [0.15, 0.2) is 224 Å². The lowest BCUT2D eigenvalue weighted by Gasteiger charge is -2.44. The Bertz CT molecular complexity index is 4240. The first-order valence-electron chi connectivity index (χ1n) is 27.8. The number of rotatable bonds is 5. The van der Waals surface area contributed by atoms with Crippen molar-refractivity contribution in [2.75, 3.05) is 19.6 Å². The van der Waals surface area contributed by atoms with Gasteiger partial charge in [-0.2, -0.15) is 0 Å². The Morgan fingerprint density at radius 1 is 0.241 bits per heavy atom. The minimum absolute atomic E-state index is 0.0379. The van der Waals surface area contributed by atoms with Gasteiger partial charge in [0.2, 0.25) is 0 Å². The third-order valence-electron chi connectivity index (χ3n) is 17.5. The van der Waals surface area contributed by atoms with Crippen molar-refractivity contribution in [2.24, 2.45) is 0 Å². The van der Waals surface area contributed by atoms with Crippen molar-refractivity contribution in [3.63, 3.8) is 0 Å². The summed E-state index contributed by atoms with van der Waals surface area (Å²) in [4.78, 5) is 10.1. The van der Waals surface area contributed by atoms with Crippen molar-refractivity contribution in [1.29, 1.82) is 0 Å². The first kappa shape index (κ1) is 45.7. The number of fused-ring (bicyclic) bond motifs is 11. The second kappa shape index (κ2) is 17.0. The molecule has 0 N–H and O–H groups in total. The van der Waals surface area contributed by atoms with Crippen LogP contribution in [-0.2, 0) is 0 Å². The summed E-state index contributed by atoms with van der Waals surface area (Å²) < 4.78 is 2.54. The monoisotopic (exact) mass is 1010 g/mol. The fraction of sp³-hybridized carbons (Fsp3) is 0.0833. The molecule has 5 heterocycles. The van der Waals surface area contributed by atoms with E-state index >= 15 is 0 Å². The molecule has 0 spiro atoms. The second-order valence-corrected chi connectivity index (χ2v) is 22.6. The largest absolute Gasteiger partial charge is 0.311 e. The van der Waals surface area contributed by atoms with Crippen LogP contribution < -0.4 is 52.4 Å². The molecule has 0 bridgehead atoms. The first-order valence-corrected chi connectivity index (χ1v) is 27.8. The molecule has 16 rings (SSSR count). The molecule has 7 heteroatoms. The van der Waals surface area contributed by atoms with Crippen LogP contribution in [-0.4, -0.2) is 18.0 Å². The van der Waals surface area contributed by atoms with Gasteiger partial charge in [-0.3, -0.25) is 0 Å². The highest BCUT2D eigenvalue weighted by molar-refractivity contribution is 7.01. The maximum absolute atomic E-state index is 2.59. The zero-order valence-corrected chi connectivity index (χ0v) is 45.3. The molecular formula is C72H55B2N5. The van der Waals surface area contributed by atoms with E-state index in [0.717, 1.165) is 28.4 Å². The molecule has 0 radical (unpaired) electrons. The Labute approximate surface area is 463 Å². The fourth-order valence-corrected chi connectivity index (χ4v) is 13.9. The molecule has 12 aromatic rings. The van der Waals surface area contributed by atoms with Crippen molar-refractivity contribution < 1.29 is 0 Å². The lowest BCUT2D eigenvalue weighted by molar-refractivity contribution is 1.17. The van der Waals surface area contributed by atoms with Crippen molar-refractivity contribution in [3.8, 4) is 5.69 Å². The van der Waals surface area contributed by atoms with Crippen molar-refractivity contribution >= 4 is 136 Å². The van der Waals surface area contributed by atoms with Crippen LogP contribution in [0.5, 0.6) is 0 Å². The maximum Gasteiger partial charge on any atom is 0.252 e. The van der Waals surface area contributed by atoms with Crippen molar-refractivity contribution in [2.45, 2.75) is 41.5 Å². The lowest BCUT2D eigenvalue weighted by Crippen LogP contribution is -2.61. The standard InChI is InChI=1S/C72H55B2N5/c1-44-18-28-51(29-19-44)75-61-36-26-48(5)38-57(61)73-59-40-55-56-41-60-70(43-68(56)79(50-12-8-7-9-13-50)67(55)42-69(59)77(53-32-22-46(3)23-33-53)65-16-10-14-63(75)71(65)73)78(54-34-24-47(4)25-35-54)66-17-11-15-64-72(66)74(60)58-39-49(6)27-37-62(58)76(64)52-30-20-45(2)21-31-52/h7-43H,1-6H3. The van der Waals surface area contributed by atoms with E-state index in [-0.39, 0.29) is 13.4 Å². The average Bonchev–Trinajstić information content (AvgIpc) is 2.95. The van der Waals surface area contributed by atoms with E-state index in [2.05, 4.69) is 290 Å². The van der Waals surface area contributed by atoms with E-state index in [1.807, 2.05) is 0 Å². The van der Waals surface area contributed by atoms with Crippen LogP contribution in [0.2, 0.25) is 0 Å². The third kappa shape index (κ3) is 6.72. The number of benzene rings is 11. The van der Waals surface area contributed by atoms with Gasteiger partial charge in [0.05, 0.1) is 11.0 Å². The van der Waals surface area contributed by atoms with E-state index in [1.54, 1.807) is 0 Å². The van der Waals surface area contributed by atoms with Gasteiger partial charge in [0.1, 0.15) is 0 Å². The molecule has 0 amide bonds. The molecule has 5 nitrogen and oxygen atoms in total. The van der Waals surface area contributed by atoms with Gasteiger partial charge in [-0.15, -0.1) is 0 Å². The summed E-state index contributed by atoms with van der Waals surface area (Å²) in [7, 11) is 0. The molecule has 0 saturated heterocycles. The fourth-order valence-electron chi connectivity index (χ4n) is 13.9. The van der Waals surface area contributed by atoms with Gasteiger partial charge in [-0.25, -0.2) is 0 Å². The summed E-state index contributed by atoms with van der Waals surface area (Å²) in [5.41, 5.74) is 33.1. The minimum Gasteiger partial charge on any atom is -0.311 e. The zero-order chi connectivity index (χ0) is 52.9. The zero-order valence-electron chi connectivity index (χ0n) is 45.3. The number of para-hydroxylation sites is 1. The number of aromatic nitrogens is 1. The highest BCUT2D eigenvalue weighted by Gasteiger charge is 2.46. The quantitative estimate of drug-likeness (QED) is 0.160. The predicted octanol–water partition coefficient (Wildman–Crippen LogP) is 14.8. The van der Waals surface area contributed by atoms with Gasteiger partial charge in [-0.1, -0.05) is 149 Å².